The van der Waals surface area contributed by atoms with Gasteiger partial charge in [-0.25, -0.2) is 0 Å². The van der Waals surface area contributed by atoms with Crippen LogP contribution in [-0.4, -0.2) is 13.0 Å². The van der Waals surface area contributed by atoms with E-state index in [9.17, 15) is 4.79 Å². The number of nitrogens with one attached hydrogen (secondary N) is 1. The van der Waals surface area contributed by atoms with Crippen LogP contribution in [0.2, 0.25) is 0 Å². The standard InChI is InChI=1S/C9H9NO/c1-7-4-3-5-8(6-7)9(11)10-2/h1,3-6H,2H3,(H,10,11). The van der Waals surface area contributed by atoms with Gasteiger partial charge >= 0.3 is 0 Å². The van der Waals surface area contributed by atoms with Gasteiger partial charge in [0.1, 0.15) is 0 Å². The number of amides is 1. The van der Waals surface area contributed by atoms with Crippen molar-refractivity contribution < 1.29 is 4.79 Å². The predicted molar refractivity (Wildman–Crippen MR) is 43.2 cm³/mol. The third-order valence-corrected chi connectivity index (χ3v) is 1.38. The predicted octanol–water partition coefficient (Wildman–Crippen LogP) is 1.11. The molecule has 0 saturated heterocycles. The molecule has 1 aromatic rings. The van der Waals surface area contributed by atoms with Gasteiger partial charge in [0.05, 0.1) is 0 Å². The average Bonchev–Trinajstić information content (AvgIpc) is 2.03. The van der Waals surface area contributed by atoms with Crippen molar-refractivity contribution in [3.63, 3.8) is 0 Å². The molecule has 0 aliphatic heterocycles. The van der Waals surface area contributed by atoms with Crippen LogP contribution in [0.1, 0.15) is 15.9 Å². The molecule has 0 heterocycles. The summed E-state index contributed by atoms with van der Waals surface area (Å²) in [5.74, 6) is -0.114. The van der Waals surface area contributed by atoms with Crippen LogP contribution in [-0.2, 0) is 0 Å². The number of carbonyl (C=O) groups excluding carboxylic acids is 1. The number of hydrogen-bond donors (Lipinski definition) is 1. The van der Waals surface area contributed by atoms with Crippen molar-refractivity contribution in [1.82, 2.24) is 5.32 Å². The molecule has 0 aliphatic rings. The van der Waals surface area contributed by atoms with Crippen molar-refractivity contribution in [2.24, 2.45) is 0 Å². The average molecular weight is 147 g/mol. The Labute approximate surface area is 66.2 Å². The maximum atomic E-state index is 11.0. The molecule has 0 fully saturated rings. The molecule has 0 aromatic heterocycles. The van der Waals surface area contributed by atoms with Crippen LogP contribution < -0.4 is 5.32 Å². The normalized spacial score (nSPS) is 9.27. The van der Waals surface area contributed by atoms with Crippen molar-refractivity contribution in [2.75, 3.05) is 7.05 Å². The van der Waals surface area contributed by atoms with E-state index >= 15 is 0 Å². The van der Waals surface area contributed by atoms with E-state index < -0.39 is 0 Å². The summed E-state index contributed by atoms with van der Waals surface area (Å²) in [6, 6.07) is 6.85. The van der Waals surface area contributed by atoms with E-state index in [1.807, 2.05) is 0 Å². The lowest BCUT2D eigenvalue weighted by molar-refractivity contribution is 0.0963. The van der Waals surface area contributed by atoms with Crippen molar-refractivity contribution in [2.45, 2.75) is 0 Å². The zero-order chi connectivity index (χ0) is 8.27. The molecule has 56 valence electrons. The first-order valence-corrected chi connectivity index (χ1v) is 3.31. The number of rotatable bonds is 1. The molecule has 1 rings (SSSR count). The van der Waals surface area contributed by atoms with E-state index in [2.05, 4.69) is 5.32 Å². The Balaban J connectivity index is 2.96. The van der Waals surface area contributed by atoms with Gasteiger partial charge in [0.2, 0.25) is 0 Å². The van der Waals surface area contributed by atoms with Crippen LogP contribution in [0.4, 0.5) is 0 Å². The van der Waals surface area contributed by atoms with Crippen LogP contribution in [0.3, 0.4) is 0 Å². The van der Waals surface area contributed by atoms with E-state index in [1.54, 1.807) is 31.3 Å². The molecule has 1 aromatic carbocycles. The molecular weight excluding hydrogens is 138 g/mol. The molecule has 1 amide bonds. The lowest BCUT2D eigenvalue weighted by Crippen LogP contribution is -2.17. The third-order valence-electron chi connectivity index (χ3n) is 1.38. The molecule has 0 saturated carbocycles. The van der Waals surface area contributed by atoms with E-state index in [-0.39, 0.29) is 5.91 Å². The maximum absolute atomic E-state index is 11.0. The van der Waals surface area contributed by atoms with Crippen LogP contribution in [0.5, 0.6) is 0 Å². The largest absolute Gasteiger partial charge is 0.355 e. The highest BCUT2D eigenvalue weighted by Gasteiger charge is 2.00. The molecule has 0 bridgehead atoms. The summed E-state index contributed by atoms with van der Waals surface area (Å²) in [7, 11) is 1.59. The molecular formula is C9H9NO. The SMILES string of the molecule is [CH]c1cccc(C(=O)NC)c1. The van der Waals surface area contributed by atoms with Crippen molar-refractivity contribution in [3.05, 3.63) is 42.3 Å². The first kappa shape index (κ1) is 7.79. The summed E-state index contributed by atoms with van der Waals surface area (Å²) in [5, 5.41) is 2.51. The minimum Gasteiger partial charge on any atom is -0.355 e. The van der Waals surface area contributed by atoms with E-state index in [1.165, 1.54) is 0 Å². The second kappa shape index (κ2) is 3.19. The van der Waals surface area contributed by atoms with Crippen molar-refractivity contribution in [3.8, 4) is 0 Å². The van der Waals surface area contributed by atoms with Gasteiger partial charge in [-0.2, -0.15) is 0 Å². The van der Waals surface area contributed by atoms with Crippen LogP contribution in [0.25, 0.3) is 0 Å². The Morgan fingerprint density at radius 2 is 2.27 bits per heavy atom. The zero-order valence-corrected chi connectivity index (χ0v) is 6.29. The summed E-state index contributed by atoms with van der Waals surface area (Å²) < 4.78 is 0. The monoisotopic (exact) mass is 147 g/mol. The Kier molecular flexibility index (Phi) is 2.26. The maximum Gasteiger partial charge on any atom is 0.251 e. The fourth-order valence-electron chi connectivity index (χ4n) is 0.824. The minimum absolute atomic E-state index is 0.114. The topological polar surface area (TPSA) is 29.1 Å². The molecule has 0 spiro atoms. The number of hydrogen-bond acceptors (Lipinski definition) is 1. The molecule has 2 radical (unpaired) electrons. The molecule has 11 heavy (non-hydrogen) atoms. The van der Waals surface area contributed by atoms with Crippen molar-refractivity contribution >= 4 is 5.91 Å². The fraction of sp³-hybridized carbons (Fsp3) is 0.111. The molecule has 0 atom stereocenters. The minimum atomic E-state index is -0.114. The van der Waals surface area contributed by atoms with Gasteiger partial charge in [0, 0.05) is 12.6 Å². The second-order valence-corrected chi connectivity index (χ2v) is 2.20. The summed E-state index contributed by atoms with van der Waals surface area (Å²) in [6.45, 7) is 5.47. The lowest BCUT2D eigenvalue weighted by atomic mass is 10.1. The number of benzene rings is 1. The first-order chi connectivity index (χ1) is 5.24. The van der Waals surface area contributed by atoms with Gasteiger partial charge in [0.15, 0.2) is 0 Å². The summed E-state index contributed by atoms with van der Waals surface area (Å²) in [6.07, 6.45) is 0. The highest BCUT2D eigenvalue weighted by molar-refractivity contribution is 5.94. The fourth-order valence-corrected chi connectivity index (χ4v) is 0.824. The van der Waals surface area contributed by atoms with Gasteiger partial charge < -0.3 is 5.32 Å². The smallest absolute Gasteiger partial charge is 0.251 e. The Hall–Kier alpha value is -1.31. The summed E-state index contributed by atoms with van der Waals surface area (Å²) >= 11 is 0. The Morgan fingerprint density at radius 3 is 2.82 bits per heavy atom. The Bertz CT molecular complexity index is 268. The van der Waals surface area contributed by atoms with Gasteiger partial charge in [0.25, 0.3) is 5.91 Å². The summed E-state index contributed by atoms with van der Waals surface area (Å²) in [5.41, 5.74) is 1.19. The van der Waals surface area contributed by atoms with Crippen molar-refractivity contribution in [1.29, 1.82) is 0 Å². The molecule has 1 N–H and O–H groups in total. The highest BCUT2D eigenvalue weighted by atomic mass is 16.1. The van der Waals surface area contributed by atoms with E-state index in [0.29, 0.717) is 11.1 Å². The quantitative estimate of drug-likeness (QED) is 0.633. The van der Waals surface area contributed by atoms with E-state index in [4.69, 9.17) is 6.92 Å². The Morgan fingerprint density at radius 1 is 1.55 bits per heavy atom. The van der Waals surface area contributed by atoms with E-state index in [0.717, 1.165) is 0 Å². The molecule has 2 heteroatoms. The highest BCUT2D eigenvalue weighted by Crippen LogP contribution is 2.02. The van der Waals surface area contributed by atoms with Gasteiger partial charge in [-0.1, -0.05) is 12.1 Å². The van der Waals surface area contributed by atoms with Crippen LogP contribution >= 0.6 is 0 Å². The molecule has 0 unspecified atom stereocenters. The first-order valence-electron chi connectivity index (χ1n) is 3.31. The second-order valence-electron chi connectivity index (χ2n) is 2.20. The van der Waals surface area contributed by atoms with Gasteiger partial charge in [-0.05, 0) is 24.6 Å². The molecule has 2 nitrogen and oxygen atoms in total. The van der Waals surface area contributed by atoms with Gasteiger partial charge in [-0.3, -0.25) is 4.79 Å². The van der Waals surface area contributed by atoms with Gasteiger partial charge in [-0.15, -0.1) is 0 Å². The third kappa shape index (κ3) is 1.80. The lowest BCUT2D eigenvalue weighted by Gasteiger charge is -1.98. The zero-order valence-electron chi connectivity index (χ0n) is 6.29. The summed E-state index contributed by atoms with van der Waals surface area (Å²) in [4.78, 5) is 11.0. The van der Waals surface area contributed by atoms with Crippen LogP contribution in [0, 0.1) is 6.92 Å². The molecule has 0 aliphatic carbocycles. The number of carbonyl (C=O) groups is 1. The van der Waals surface area contributed by atoms with Crippen LogP contribution in [0.15, 0.2) is 24.3 Å².